The lowest BCUT2D eigenvalue weighted by atomic mass is 10.0. The molecule has 5 nitrogen and oxygen atoms in total. The van der Waals surface area contributed by atoms with Gasteiger partial charge in [0.05, 0.1) is 22.9 Å². The number of nitrogens with zero attached hydrogens (tertiary/aromatic N) is 3. The highest BCUT2D eigenvalue weighted by Crippen LogP contribution is 2.40. The molecule has 5 heteroatoms. The number of aryl methyl sites for hydroxylation is 1. The fourth-order valence-electron chi connectivity index (χ4n) is 4.24. The molecule has 0 unspecified atom stereocenters. The molecule has 0 saturated heterocycles. The van der Waals surface area contributed by atoms with E-state index in [1.807, 2.05) is 54.3 Å². The molecule has 0 fully saturated rings. The van der Waals surface area contributed by atoms with Crippen molar-refractivity contribution in [2.24, 2.45) is 0 Å². The summed E-state index contributed by atoms with van der Waals surface area (Å²) in [4.78, 5) is 30.4. The third-order valence-electron chi connectivity index (χ3n) is 5.81. The van der Waals surface area contributed by atoms with Crippen LogP contribution in [0.3, 0.4) is 0 Å². The fourth-order valence-corrected chi connectivity index (χ4v) is 4.24. The van der Waals surface area contributed by atoms with Crippen molar-refractivity contribution in [1.82, 2.24) is 0 Å². The summed E-state index contributed by atoms with van der Waals surface area (Å²) in [5.41, 5.74) is 5.68. The number of para-hydroxylation sites is 1. The molecule has 3 aromatic carbocycles. The van der Waals surface area contributed by atoms with Crippen molar-refractivity contribution in [1.29, 1.82) is 5.26 Å². The smallest absolute Gasteiger partial charge is 0.282 e. The van der Waals surface area contributed by atoms with Gasteiger partial charge in [-0.25, -0.2) is 4.90 Å². The fraction of sp³-hybridized carbons (Fsp3) is 0.115. The van der Waals surface area contributed by atoms with Crippen molar-refractivity contribution in [2.75, 3.05) is 16.3 Å². The molecule has 150 valence electrons. The molecule has 0 radical (unpaired) electrons. The van der Waals surface area contributed by atoms with Crippen molar-refractivity contribution < 1.29 is 9.59 Å². The second-order valence-corrected chi connectivity index (χ2v) is 7.72. The van der Waals surface area contributed by atoms with Crippen LogP contribution in [0.1, 0.15) is 22.3 Å². The van der Waals surface area contributed by atoms with Gasteiger partial charge in [0.15, 0.2) is 0 Å². The van der Waals surface area contributed by atoms with Gasteiger partial charge in [-0.05, 0) is 54.8 Å². The second-order valence-electron chi connectivity index (χ2n) is 7.72. The zero-order chi connectivity index (χ0) is 21.5. The summed E-state index contributed by atoms with van der Waals surface area (Å²) >= 11 is 0. The van der Waals surface area contributed by atoms with Gasteiger partial charge < -0.3 is 4.90 Å². The Morgan fingerprint density at radius 1 is 0.871 bits per heavy atom. The monoisotopic (exact) mass is 405 g/mol. The van der Waals surface area contributed by atoms with Crippen LogP contribution in [-0.4, -0.2) is 18.4 Å². The summed E-state index contributed by atoms with van der Waals surface area (Å²) in [6.45, 7) is 2.63. The normalized spacial score (nSPS) is 15.5. The molecule has 31 heavy (non-hydrogen) atoms. The summed E-state index contributed by atoms with van der Waals surface area (Å²) in [6.07, 6.45) is 0.819. The highest BCUT2D eigenvalue weighted by Gasteiger charge is 2.44. The maximum atomic E-state index is 13.7. The minimum Gasteiger partial charge on any atom is -0.336 e. The number of nitriles is 1. The standard InChI is InChI=1S/C26H19N3O2/c1-17-6-10-20(11-7-17)23-24(28-15-14-19-4-2-3-5-22(19)28)26(31)29(25(23)30)21-12-8-18(16-27)9-13-21/h2-13H,14-15H2,1H3. The molecule has 3 aromatic rings. The first kappa shape index (κ1) is 18.8. The molecular formula is C26H19N3O2. The molecule has 0 aromatic heterocycles. The molecule has 2 aliphatic rings. The van der Waals surface area contributed by atoms with E-state index < -0.39 is 0 Å². The minimum atomic E-state index is -0.349. The molecule has 0 saturated carbocycles. The average molecular weight is 405 g/mol. The first-order chi connectivity index (χ1) is 15.1. The van der Waals surface area contributed by atoms with Crippen LogP contribution < -0.4 is 9.80 Å². The quantitative estimate of drug-likeness (QED) is 0.612. The van der Waals surface area contributed by atoms with E-state index in [1.165, 1.54) is 4.90 Å². The van der Waals surface area contributed by atoms with Gasteiger partial charge in [-0.15, -0.1) is 0 Å². The van der Waals surface area contributed by atoms with Crippen molar-refractivity contribution >= 4 is 28.8 Å². The number of imide groups is 1. The molecular weight excluding hydrogens is 386 g/mol. The Morgan fingerprint density at radius 2 is 1.58 bits per heavy atom. The van der Waals surface area contributed by atoms with Crippen molar-refractivity contribution in [2.45, 2.75) is 13.3 Å². The van der Waals surface area contributed by atoms with Gasteiger partial charge in [0.25, 0.3) is 11.8 Å². The Bertz CT molecular complexity index is 1280. The second kappa shape index (κ2) is 7.26. The highest BCUT2D eigenvalue weighted by molar-refractivity contribution is 6.46. The van der Waals surface area contributed by atoms with E-state index in [-0.39, 0.29) is 11.8 Å². The van der Waals surface area contributed by atoms with Crippen LogP contribution in [0, 0.1) is 18.3 Å². The Morgan fingerprint density at radius 3 is 2.29 bits per heavy atom. The Labute approximate surface area is 180 Å². The van der Waals surface area contributed by atoms with Crippen LogP contribution in [0.25, 0.3) is 5.57 Å². The lowest BCUT2D eigenvalue weighted by Crippen LogP contribution is -2.34. The minimum absolute atomic E-state index is 0.345. The van der Waals surface area contributed by atoms with E-state index in [0.29, 0.717) is 29.1 Å². The molecule has 0 bridgehead atoms. The largest absolute Gasteiger partial charge is 0.336 e. The van der Waals surface area contributed by atoms with Crippen LogP contribution in [0.2, 0.25) is 0 Å². The van der Waals surface area contributed by atoms with Crippen LogP contribution in [0.4, 0.5) is 11.4 Å². The maximum absolute atomic E-state index is 13.7. The van der Waals surface area contributed by atoms with Gasteiger partial charge in [-0.2, -0.15) is 5.26 Å². The summed E-state index contributed by atoms with van der Waals surface area (Å²) < 4.78 is 0. The number of anilines is 2. The first-order valence-corrected chi connectivity index (χ1v) is 10.1. The van der Waals surface area contributed by atoms with Crippen LogP contribution in [-0.2, 0) is 16.0 Å². The number of carbonyl (C=O) groups is 2. The zero-order valence-corrected chi connectivity index (χ0v) is 17.0. The topological polar surface area (TPSA) is 64.4 Å². The third-order valence-corrected chi connectivity index (χ3v) is 5.81. The van der Waals surface area contributed by atoms with E-state index in [1.54, 1.807) is 24.3 Å². The van der Waals surface area contributed by atoms with E-state index in [9.17, 15) is 9.59 Å². The van der Waals surface area contributed by atoms with Gasteiger partial charge >= 0.3 is 0 Å². The summed E-state index contributed by atoms with van der Waals surface area (Å²) in [5.74, 6) is -0.695. The van der Waals surface area contributed by atoms with Gasteiger partial charge in [-0.1, -0.05) is 48.0 Å². The number of benzene rings is 3. The number of carbonyl (C=O) groups excluding carboxylic acids is 2. The highest BCUT2D eigenvalue weighted by atomic mass is 16.2. The molecule has 0 aliphatic carbocycles. The average Bonchev–Trinajstić information content (AvgIpc) is 3.32. The van der Waals surface area contributed by atoms with Gasteiger partial charge in [0.2, 0.25) is 0 Å². The van der Waals surface area contributed by atoms with Crippen LogP contribution >= 0.6 is 0 Å². The van der Waals surface area contributed by atoms with E-state index in [4.69, 9.17) is 5.26 Å². The molecule has 0 atom stereocenters. The van der Waals surface area contributed by atoms with Crippen molar-refractivity contribution in [3.05, 3.63) is 101 Å². The SMILES string of the molecule is Cc1ccc(C2=C(N3CCc4ccccc43)C(=O)N(c3ccc(C#N)cc3)C2=O)cc1. The Balaban J connectivity index is 1.66. The van der Waals surface area contributed by atoms with E-state index in [0.717, 1.165) is 28.8 Å². The van der Waals surface area contributed by atoms with E-state index in [2.05, 4.69) is 12.1 Å². The number of fused-ring (bicyclic) bond motifs is 1. The van der Waals surface area contributed by atoms with Crippen LogP contribution in [0.5, 0.6) is 0 Å². The first-order valence-electron chi connectivity index (χ1n) is 10.1. The number of rotatable bonds is 3. The maximum Gasteiger partial charge on any atom is 0.282 e. The predicted molar refractivity (Wildman–Crippen MR) is 119 cm³/mol. The Hall–Kier alpha value is -4.17. The number of amides is 2. The van der Waals surface area contributed by atoms with Gasteiger partial charge in [-0.3, -0.25) is 9.59 Å². The molecule has 2 aliphatic heterocycles. The molecule has 0 spiro atoms. The molecule has 2 heterocycles. The van der Waals surface area contributed by atoms with Gasteiger partial charge in [0, 0.05) is 12.2 Å². The summed E-state index contributed by atoms with van der Waals surface area (Å²) in [6, 6.07) is 24.2. The van der Waals surface area contributed by atoms with Crippen molar-refractivity contribution in [3.63, 3.8) is 0 Å². The predicted octanol–water partition coefficient (Wildman–Crippen LogP) is 4.21. The lowest BCUT2D eigenvalue weighted by molar-refractivity contribution is -0.120. The lowest BCUT2D eigenvalue weighted by Gasteiger charge is -2.21. The Kier molecular flexibility index (Phi) is 4.41. The molecule has 2 amide bonds. The number of hydrogen-bond donors (Lipinski definition) is 0. The van der Waals surface area contributed by atoms with Crippen LogP contribution in [0.15, 0.2) is 78.5 Å². The molecule has 0 N–H and O–H groups in total. The molecule has 5 rings (SSSR count). The van der Waals surface area contributed by atoms with Crippen molar-refractivity contribution in [3.8, 4) is 6.07 Å². The zero-order valence-electron chi connectivity index (χ0n) is 17.0. The van der Waals surface area contributed by atoms with Gasteiger partial charge in [0.1, 0.15) is 5.70 Å². The third kappa shape index (κ3) is 3.01. The summed E-state index contributed by atoms with van der Waals surface area (Å²) in [7, 11) is 0. The van der Waals surface area contributed by atoms with E-state index >= 15 is 0 Å². The summed E-state index contributed by atoms with van der Waals surface area (Å²) in [5, 5.41) is 9.08. The number of hydrogen-bond acceptors (Lipinski definition) is 4.